The minimum atomic E-state index is -0.0815. The van der Waals surface area contributed by atoms with Crippen molar-refractivity contribution in [1.82, 2.24) is 5.32 Å². The first kappa shape index (κ1) is 15.2. The third kappa shape index (κ3) is 4.75. The molecule has 0 bridgehead atoms. The van der Waals surface area contributed by atoms with Crippen LogP contribution in [0.25, 0.3) is 0 Å². The SMILES string of the molecule is CC(C)C(Br)CNC(=O)c1cc(Cl)ccc1I. The molecule has 1 N–H and O–H groups in total. The number of hydrogen-bond acceptors (Lipinski definition) is 1. The van der Waals surface area contributed by atoms with Crippen LogP contribution in [0.2, 0.25) is 5.02 Å². The van der Waals surface area contributed by atoms with Gasteiger partial charge in [-0.1, -0.05) is 41.4 Å². The quantitative estimate of drug-likeness (QED) is 0.566. The molecule has 94 valence electrons. The summed E-state index contributed by atoms with van der Waals surface area (Å²) < 4.78 is 0.903. The lowest BCUT2D eigenvalue weighted by molar-refractivity contribution is 0.0952. The molecule has 1 unspecified atom stereocenters. The Morgan fingerprint density at radius 2 is 2.18 bits per heavy atom. The van der Waals surface area contributed by atoms with Gasteiger partial charge in [0.2, 0.25) is 0 Å². The van der Waals surface area contributed by atoms with Gasteiger partial charge in [0.15, 0.2) is 0 Å². The van der Waals surface area contributed by atoms with Crippen LogP contribution in [0.3, 0.4) is 0 Å². The lowest BCUT2D eigenvalue weighted by Gasteiger charge is -2.14. The zero-order chi connectivity index (χ0) is 13.0. The van der Waals surface area contributed by atoms with Crippen LogP contribution >= 0.6 is 50.1 Å². The molecule has 1 aromatic rings. The number of rotatable bonds is 4. The Morgan fingerprint density at radius 3 is 2.76 bits per heavy atom. The normalized spacial score (nSPS) is 12.6. The zero-order valence-electron chi connectivity index (χ0n) is 9.64. The Bertz CT molecular complexity index is 411. The molecule has 0 aliphatic rings. The Balaban J connectivity index is 2.67. The minimum absolute atomic E-state index is 0.0815. The number of hydrogen-bond donors (Lipinski definition) is 1. The summed E-state index contributed by atoms with van der Waals surface area (Å²) in [6.07, 6.45) is 0. The van der Waals surface area contributed by atoms with Crippen LogP contribution in [0.15, 0.2) is 18.2 Å². The van der Waals surface area contributed by atoms with Crippen LogP contribution in [0.1, 0.15) is 24.2 Å². The van der Waals surface area contributed by atoms with E-state index in [0.29, 0.717) is 23.0 Å². The van der Waals surface area contributed by atoms with Crippen molar-refractivity contribution in [3.05, 3.63) is 32.4 Å². The molecule has 0 aliphatic carbocycles. The summed E-state index contributed by atoms with van der Waals surface area (Å²) in [4.78, 5) is 12.2. The molecule has 0 fully saturated rings. The van der Waals surface area contributed by atoms with Gasteiger partial charge < -0.3 is 5.32 Å². The van der Waals surface area contributed by atoms with E-state index < -0.39 is 0 Å². The summed E-state index contributed by atoms with van der Waals surface area (Å²) in [7, 11) is 0. The maximum Gasteiger partial charge on any atom is 0.252 e. The summed E-state index contributed by atoms with van der Waals surface area (Å²) in [5.74, 6) is 0.399. The summed E-state index contributed by atoms with van der Waals surface area (Å²) in [6.45, 7) is 4.82. The van der Waals surface area contributed by atoms with Crippen molar-refractivity contribution < 1.29 is 4.79 Å². The van der Waals surface area contributed by atoms with Gasteiger partial charge in [-0.05, 0) is 46.7 Å². The van der Waals surface area contributed by atoms with Gasteiger partial charge in [0.05, 0.1) is 5.56 Å². The first-order valence-electron chi connectivity index (χ1n) is 5.29. The smallest absolute Gasteiger partial charge is 0.252 e. The molecular formula is C12H14BrClINO. The van der Waals surface area contributed by atoms with Crippen molar-refractivity contribution in [2.75, 3.05) is 6.54 Å². The van der Waals surface area contributed by atoms with Gasteiger partial charge in [-0.25, -0.2) is 0 Å². The number of carbonyl (C=O) groups excluding carboxylic acids is 1. The van der Waals surface area contributed by atoms with Gasteiger partial charge in [0.25, 0.3) is 5.91 Å². The predicted molar refractivity (Wildman–Crippen MR) is 84.1 cm³/mol. The van der Waals surface area contributed by atoms with Crippen molar-refractivity contribution in [2.45, 2.75) is 18.7 Å². The van der Waals surface area contributed by atoms with E-state index >= 15 is 0 Å². The molecule has 0 heterocycles. The van der Waals surface area contributed by atoms with E-state index in [4.69, 9.17) is 11.6 Å². The Morgan fingerprint density at radius 1 is 1.53 bits per heavy atom. The van der Waals surface area contributed by atoms with Crippen molar-refractivity contribution in [3.8, 4) is 0 Å². The molecule has 0 aliphatic heterocycles. The van der Waals surface area contributed by atoms with E-state index in [1.54, 1.807) is 12.1 Å². The van der Waals surface area contributed by atoms with Crippen LogP contribution in [0.5, 0.6) is 0 Å². The van der Waals surface area contributed by atoms with Crippen molar-refractivity contribution in [1.29, 1.82) is 0 Å². The lowest BCUT2D eigenvalue weighted by atomic mass is 10.1. The average molecular weight is 431 g/mol. The Hall–Kier alpha value is 0.190. The fourth-order valence-corrected chi connectivity index (χ4v) is 2.11. The largest absolute Gasteiger partial charge is 0.351 e. The number of carbonyl (C=O) groups is 1. The zero-order valence-corrected chi connectivity index (χ0v) is 14.1. The monoisotopic (exact) mass is 429 g/mol. The molecule has 1 aromatic carbocycles. The molecular weight excluding hydrogens is 416 g/mol. The highest BCUT2D eigenvalue weighted by Crippen LogP contribution is 2.18. The number of benzene rings is 1. The van der Waals surface area contributed by atoms with E-state index in [1.807, 2.05) is 6.07 Å². The van der Waals surface area contributed by atoms with Crippen LogP contribution in [-0.2, 0) is 0 Å². The molecule has 2 nitrogen and oxygen atoms in total. The summed E-state index contributed by atoms with van der Waals surface area (Å²) >= 11 is 11.5. The maximum atomic E-state index is 11.9. The Labute approximate surface area is 129 Å². The number of amides is 1. The molecule has 5 heteroatoms. The molecule has 0 spiro atoms. The highest BCUT2D eigenvalue weighted by molar-refractivity contribution is 14.1. The second-order valence-corrected chi connectivity index (χ2v) is 6.87. The van der Waals surface area contributed by atoms with E-state index in [2.05, 4.69) is 57.7 Å². The first-order valence-corrected chi connectivity index (χ1v) is 7.66. The van der Waals surface area contributed by atoms with Gasteiger partial charge in [-0.2, -0.15) is 0 Å². The van der Waals surface area contributed by atoms with Crippen LogP contribution in [0, 0.1) is 9.49 Å². The third-order valence-electron chi connectivity index (χ3n) is 2.35. The van der Waals surface area contributed by atoms with Crippen LogP contribution < -0.4 is 5.32 Å². The van der Waals surface area contributed by atoms with Gasteiger partial charge >= 0.3 is 0 Å². The topological polar surface area (TPSA) is 29.1 Å². The molecule has 17 heavy (non-hydrogen) atoms. The van der Waals surface area contributed by atoms with Gasteiger partial charge in [0, 0.05) is 20.0 Å². The fourth-order valence-electron chi connectivity index (χ4n) is 1.19. The average Bonchev–Trinajstić information content (AvgIpc) is 2.28. The van der Waals surface area contributed by atoms with Crippen molar-refractivity contribution in [3.63, 3.8) is 0 Å². The van der Waals surface area contributed by atoms with E-state index in [1.165, 1.54) is 0 Å². The summed E-state index contributed by atoms with van der Waals surface area (Å²) in [6, 6.07) is 5.31. The molecule has 0 radical (unpaired) electrons. The third-order valence-corrected chi connectivity index (χ3v) is 4.91. The van der Waals surface area contributed by atoms with Gasteiger partial charge in [-0.3, -0.25) is 4.79 Å². The van der Waals surface area contributed by atoms with Gasteiger partial charge in [0.1, 0.15) is 0 Å². The fraction of sp³-hybridized carbons (Fsp3) is 0.417. The number of alkyl halides is 1. The minimum Gasteiger partial charge on any atom is -0.351 e. The van der Waals surface area contributed by atoms with E-state index in [9.17, 15) is 4.79 Å². The Kier molecular flexibility index (Phi) is 6.23. The van der Waals surface area contributed by atoms with E-state index in [-0.39, 0.29) is 10.7 Å². The van der Waals surface area contributed by atoms with E-state index in [0.717, 1.165) is 3.57 Å². The second-order valence-electron chi connectivity index (χ2n) is 4.09. The van der Waals surface area contributed by atoms with Gasteiger partial charge in [-0.15, -0.1) is 0 Å². The second kappa shape index (κ2) is 6.95. The summed E-state index contributed by atoms with van der Waals surface area (Å²) in [5.41, 5.74) is 0.626. The van der Waals surface area contributed by atoms with Crippen LogP contribution in [-0.4, -0.2) is 17.3 Å². The predicted octanol–water partition coefficient (Wildman–Crippen LogP) is 4.09. The molecule has 1 atom stereocenters. The highest BCUT2D eigenvalue weighted by atomic mass is 127. The molecule has 0 saturated heterocycles. The summed E-state index contributed by atoms with van der Waals surface area (Å²) in [5, 5.41) is 3.48. The molecule has 1 rings (SSSR count). The highest BCUT2D eigenvalue weighted by Gasteiger charge is 2.14. The standard InChI is InChI=1S/C12H14BrClINO/c1-7(2)10(13)6-16-12(17)9-5-8(14)3-4-11(9)15/h3-5,7,10H,6H2,1-2H3,(H,16,17). The lowest BCUT2D eigenvalue weighted by Crippen LogP contribution is -2.32. The maximum absolute atomic E-state index is 11.9. The number of nitrogens with one attached hydrogen (secondary N) is 1. The molecule has 1 amide bonds. The van der Waals surface area contributed by atoms with Crippen LogP contribution in [0.4, 0.5) is 0 Å². The van der Waals surface area contributed by atoms with Crippen molar-refractivity contribution in [2.24, 2.45) is 5.92 Å². The van der Waals surface area contributed by atoms with Crippen molar-refractivity contribution >= 4 is 56.0 Å². The molecule has 0 saturated carbocycles. The first-order chi connectivity index (χ1) is 7.91. The number of halogens is 3. The molecule has 0 aromatic heterocycles.